The predicted molar refractivity (Wildman–Crippen MR) is 118 cm³/mol. The van der Waals surface area contributed by atoms with Crippen molar-refractivity contribution in [3.63, 3.8) is 0 Å². The number of nitrogens with zero attached hydrogens (tertiary/aromatic N) is 1. The van der Waals surface area contributed by atoms with E-state index in [1.54, 1.807) is 18.2 Å². The van der Waals surface area contributed by atoms with Crippen molar-refractivity contribution in [2.75, 3.05) is 17.4 Å². The Morgan fingerprint density at radius 2 is 1.73 bits per heavy atom. The summed E-state index contributed by atoms with van der Waals surface area (Å²) in [5.74, 6) is -0.125. The first-order chi connectivity index (χ1) is 14.5. The van der Waals surface area contributed by atoms with E-state index in [1.165, 1.54) is 10.4 Å². The Hall–Kier alpha value is -3.12. The third-order valence-electron chi connectivity index (χ3n) is 5.47. The van der Waals surface area contributed by atoms with E-state index in [9.17, 15) is 13.2 Å². The number of fused-ring (bicyclic) bond motifs is 1. The first kappa shape index (κ1) is 20.2. The van der Waals surface area contributed by atoms with Crippen LogP contribution in [0.25, 0.3) is 0 Å². The van der Waals surface area contributed by atoms with Gasteiger partial charge in [0.25, 0.3) is 15.9 Å². The molecular formula is C24H24N2O3S. The van der Waals surface area contributed by atoms with Crippen LogP contribution in [0.1, 0.15) is 34.3 Å². The summed E-state index contributed by atoms with van der Waals surface area (Å²) in [6, 6.07) is 23.7. The molecule has 1 atom stereocenters. The predicted octanol–water partition coefficient (Wildman–Crippen LogP) is 3.97. The van der Waals surface area contributed by atoms with E-state index in [2.05, 4.69) is 5.32 Å². The fourth-order valence-electron chi connectivity index (χ4n) is 3.73. The van der Waals surface area contributed by atoms with Crippen LogP contribution in [0, 0.1) is 0 Å². The quantitative estimate of drug-likeness (QED) is 0.656. The molecule has 0 saturated heterocycles. The van der Waals surface area contributed by atoms with Crippen molar-refractivity contribution in [1.29, 1.82) is 0 Å². The van der Waals surface area contributed by atoms with Crippen LogP contribution in [-0.2, 0) is 16.4 Å². The van der Waals surface area contributed by atoms with Crippen LogP contribution < -0.4 is 9.62 Å². The first-order valence-corrected chi connectivity index (χ1v) is 11.4. The number of amides is 1. The highest BCUT2D eigenvalue weighted by molar-refractivity contribution is 7.92. The molecule has 0 aliphatic carbocycles. The van der Waals surface area contributed by atoms with E-state index >= 15 is 0 Å². The van der Waals surface area contributed by atoms with Crippen LogP contribution in [0.2, 0.25) is 0 Å². The Morgan fingerprint density at radius 1 is 1.00 bits per heavy atom. The zero-order valence-electron chi connectivity index (χ0n) is 16.8. The number of rotatable bonds is 6. The molecule has 0 unspecified atom stereocenters. The molecule has 1 amide bonds. The van der Waals surface area contributed by atoms with E-state index in [0.29, 0.717) is 30.8 Å². The lowest BCUT2D eigenvalue weighted by Gasteiger charge is -2.20. The Bertz CT molecular complexity index is 1160. The highest BCUT2D eigenvalue weighted by atomic mass is 32.2. The van der Waals surface area contributed by atoms with Crippen LogP contribution in [0.4, 0.5) is 5.69 Å². The molecule has 1 N–H and O–H groups in total. The van der Waals surface area contributed by atoms with Crippen LogP contribution in [0.3, 0.4) is 0 Å². The topological polar surface area (TPSA) is 66.5 Å². The van der Waals surface area contributed by atoms with Gasteiger partial charge in [0.1, 0.15) is 0 Å². The van der Waals surface area contributed by atoms with Crippen molar-refractivity contribution in [2.45, 2.75) is 24.2 Å². The average Bonchev–Trinajstić information content (AvgIpc) is 3.23. The third-order valence-corrected chi connectivity index (χ3v) is 7.28. The van der Waals surface area contributed by atoms with Gasteiger partial charge in [-0.2, -0.15) is 0 Å². The molecule has 0 fully saturated rings. The highest BCUT2D eigenvalue weighted by Gasteiger charge is 2.30. The molecule has 0 bridgehead atoms. The maximum Gasteiger partial charge on any atom is 0.264 e. The molecule has 0 saturated carbocycles. The van der Waals surface area contributed by atoms with Crippen molar-refractivity contribution in [3.05, 3.63) is 95.6 Å². The largest absolute Gasteiger partial charge is 0.351 e. The van der Waals surface area contributed by atoms with E-state index in [4.69, 9.17) is 0 Å². The number of carbonyl (C=O) groups excluding carboxylic acids is 1. The summed E-state index contributed by atoms with van der Waals surface area (Å²) in [5, 5.41) is 2.91. The summed E-state index contributed by atoms with van der Waals surface area (Å²) >= 11 is 0. The average molecular weight is 421 g/mol. The molecule has 3 aromatic rings. The number of carbonyl (C=O) groups is 1. The van der Waals surface area contributed by atoms with Gasteiger partial charge in [-0.15, -0.1) is 0 Å². The van der Waals surface area contributed by atoms with Gasteiger partial charge < -0.3 is 5.32 Å². The van der Waals surface area contributed by atoms with Gasteiger partial charge in [0.05, 0.1) is 10.6 Å². The molecule has 0 spiro atoms. The lowest BCUT2D eigenvalue weighted by molar-refractivity contribution is 0.0951. The van der Waals surface area contributed by atoms with Crippen LogP contribution in [0.15, 0.2) is 83.8 Å². The van der Waals surface area contributed by atoms with Crippen LogP contribution in [-0.4, -0.2) is 27.4 Å². The molecule has 0 radical (unpaired) electrons. The number of hydrogen-bond donors (Lipinski definition) is 1. The monoisotopic (exact) mass is 420 g/mol. The Labute approximate surface area is 177 Å². The zero-order chi connectivity index (χ0) is 21.1. The highest BCUT2D eigenvalue weighted by Crippen LogP contribution is 2.32. The third kappa shape index (κ3) is 3.96. The molecule has 154 valence electrons. The van der Waals surface area contributed by atoms with Crippen molar-refractivity contribution in [3.8, 4) is 0 Å². The summed E-state index contributed by atoms with van der Waals surface area (Å²) in [5.41, 5.74) is 3.21. The van der Waals surface area contributed by atoms with Crippen LogP contribution in [0.5, 0.6) is 0 Å². The zero-order valence-corrected chi connectivity index (χ0v) is 17.6. The number of nitrogens with one attached hydrogen (secondary N) is 1. The molecule has 30 heavy (non-hydrogen) atoms. The number of hydrogen-bond acceptors (Lipinski definition) is 3. The molecule has 1 heterocycles. The van der Waals surface area contributed by atoms with Crippen molar-refractivity contribution in [1.82, 2.24) is 5.32 Å². The Morgan fingerprint density at radius 3 is 2.53 bits per heavy atom. The minimum absolute atomic E-state index is 0.128. The summed E-state index contributed by atoms with van der Waals surface area (Å²) in [6.45, 7) is 2.92. The standard InChI is InChI=1S/C24H24N2O3S/c1-18(19-8-3-2-4-9-19)17-25-24(27)21-11-7-12-22(16-21)30(28,29)26-15-14-20-10-5-6-13-23(20)26/h2-13,16,18H,14-15,17H2,1H3,(H,25,27)/t18-/m1/s1. The molecule has 1 aliphatic heterocycles. The van der Waals surface area contributed by atoms with Gasteiger partial charge >= 0.3 is 0 Å². The van der Waals surface area contributed by atoms with E-state index in [0.717, 1.165) is 11.1 Å². The number of benzene rings is 3. The van der Waals surface area contributed by atoms with Gasteiger partial charge in [-0.05, 0) is 47.7 Å². The van der Waals surface area contributed by atoms with Crippen molar-refractivity contribution < 1.29 is 13.2 Å². The second-order valence-electron chi connectivity index (χ2n) is 7.51. The molecule has 3 aromatic carbocycles. The van der Waals surface area contributed by atoms with Crippen molar-refractivity contribution >= 4 is 21.6 Å². The molecule has 0 aromatic heterocycles. The second-order valence-corrected chi connectivity index (χ2v) is 9.37. The first-order valence-electron chi connectivity index (χ1n) is 10.0. The van der Waals surface area contributed by atoms with E-state index < -0.39 is 10.0 Å². The van der Waals surface area contributed by atoms with Gasteiger partial charge in [0.15, 0.2) is 0 Å². The number of para-hydroxylation sites is 1. The summed E-state index contributed by atoms with van der Waals surface area (Å²) in [4.78, 5) is 12.8. The second kappa shape index (κ2) is 8.32. The Balaban J connectivity index is 1.50. The van der Waals surface area contributed by atoms with Crippen LogP contribution >= 0.6 is 0 Å². The molecule has 6 heteroatoms. The van der Waals surface area contributed by atoms with Crippen molar-refractivity contribution in [2.24, 2.45) is 0 Å². The lowest BCUT2D eigenvalue weighted by atomic mass is 10.0. The number of sulfonamides is 1. The normalized spacial score (nSPS) is 14.2. The number of anilines is 1. The maximum atomic E-state index is 13.2. The molecule has 4 rings (SSSR count). The Kier molecular flexibility index (Phi) is 5.59. The van der Waals surface area contributed by atoms with E-state index in [-0.39, 0.29) is 16.7 Å². The van der Waals surface area contributed by atoms with E-state index in [1.807, 2.05) is 61.5 Å². The van der Waals surface area contributed by atoms with Gasteiger partial charge in [-0.3, -0.25) is 9.10 Å². The van der Waals surface area contributed by atoms with Gasteiger partial charge in [0, 0.05) is 18.7 Å². The fourth-order valence-corrected chi connectivity index (χ4v) is 5.28. The minimum Gasteiger partial charge on any atom is -0.351 e. The SMILES string of the molecule is C[C@H](CNC(=O)c1cccc(S(=O)(=O)N2CCc3ccccc32)c1)c1ccccc1. The molecule has 5 nitrogen and oxygen atoms in total. The molecule has 1 aliphatic rings. The molecular weight excluding hydrogens is 396 g/mol. The maximum absolute atomic E-state index is 13.2. The summed E-state index contributed by atoms with van der Waals surface area (Å²) < 4.78 is 27.9. The van der Waals surface area contributed by atoms with Gasteiger partial charge in [-0.25, -0.2) is 8.42 Å². The minimum atomic E-state index is -3.73. The summed E-state index contributed by atoms with van der Waals surface area (Å²) in [6.07, 6.45) is 0.687. The van der Waals surface area contributed by atoms with Gasteiger partial charge in [0.2, 0.25) is 0 Å². The summed E-state index contributed by atoms with van der Waals surface area (Å²) in [7, 11) is -3.73. The van der Waals surface area contributed by atoms with Gasteiger partial charge in [-0.1, -0.05) is 61.5 Å². The lowest BCUT2D eigenvalue weighted by Crippen LogP contribution is -2.30. The fraction of sp³-hybridized carbons (Fsp3) is 0.208. The smallest absolute Gasteiger partial charge is 0.264 e.